The van der Waals surface area contributed by atoms with Gasteiger partial charge in [-0.2, -0.15) is 0 Å². The minimum absolute atomic E-state index is 0.207. The van der Waals surface area contributed by atoms with Crippen LogP contribution in [0.5, 0.6) is 5.75 Å². The zero-order chi connectivity index (χ0) is 14.7. The van der Waals surface area contributed by atoms with E-state index in [-0.39, 0.29) is 11.7 Å². The van der Waals surface area contributed by atoms with Crippen LogP contribution in [0.1, 0.15) is 11.3 Å². The van der Waals surface area contributed by atoms with Crippen LogP contribution in [0.3, 0.4) is 0 Å². The maximum atomic E-state index is 13.1. The Kier molecular flexibility index (Phi) is 4.02. The van der Waals surface area contributed by atoms with E-state index in [4.69, 9.17) is 16.3 Å². The predicted molar refractivity (Wildman–Crippen MR) is 82.0 cm³/mol. The quantitative estimate of drug-likeness (QED) is 0.652. The Hall–Kier alpha value is -2.13. The largest absolute Gasteiger partial charge is 0.487 e. The minimum atomic E-state index is -0.318. The number of alkyl halides is 1. The molecule has 0 amide bonds. The van der Waals surface area contributed by atoms with Gasteiger partial charge < -0.3 is 4.74 Å². The summed E-state index contributed by atoms with van der Waals surface area (Å²) in [7, 11) is 0. The first-order valence-corrected chi connectivity index (χ1v) is 7.11. The summed E-state index contributed by atoms with van der Waals surface area (Å²) in [5.74, 6) is 0.473. The molecule has 2 aromatic carbocycles. The molecule has 0 fully saturated rings. The van der Waals surface area contributed by atoms with Crippen molar-refractivity contribution in [1.82, 2.24) is 4.98 Å². The molecule has 1 aromatic heterocycles. The van der Waals surface area contributed by atoms with E-state index in [2.05, 4.69) is 4.98 Å². The van der Waals surface area contributed by atoms with Gasteiger partial charge in [-0.1, -0.05) is 24.3 Å². The Morgan fingerprint density at radius 1 is 1.05 bits per heavy atom. The normalized spacial score (nSPS) is 10.8. The standard InChI is InChI=1S/C17H13ClFNO/c18-10-13-9-14(19)6-8-17(13)21-11-15-7-5-12-3-1-2-4-16(12)20-15/h1-9H,10-11H2. The number of hydrogen-bond donors (Lipinski definition) is 0. The highest BCUT2D eigenvalue weighted by Gasteiger charge is 2.06. The summed E-state index contributed by atoms with van der Waals surface area (Å²) < 4.78 is 18.8. The molecule has 3 aromatic rings. The van der Waals surface area contributed by atoms with Crippen LogP contribution in [0, 0.1) is 5.82 Å². The van der Waals surface area contributed by atoms with Gasteiger partial charge in [-0.25, -0.2) is 9.37 Å². The van der Waals surface area contributed by atoms with E-state index in [1.165, 1.54) is 12.1 Å². The number of nitrogens with zero attached hydrogens (tertiary/aromatic N) is 1. The Balaban J connectivity index is 1.80. The van der Waals surface area contributed by atoms with Crippen molar-refractivity contribution >= 4 is 22.5 Å². The molecule has 0 bridgehead atoms. The van der Waals surface area contributed by atoms with Crippen molar-refractivity contribution in [2.75, 3.05) is 0 Å². The Bertz CT molecular complexity index is 776. The second-order valence-corrected chi connectivity index (χ2v) is 4.94. The summed E-state index contributed by atoms with van der Waals surface area (Å²) in [6, 6.07) is 16.2. The molecule has 0 saturated carbocycles. The lowest BCUT2D eigenvalue weighted by molar-refractivity contribution is 0.299. The maximum absolute atomic E-state index is 13.1. The fourth-order valence-electron chi connectivity index (χ4n) is 2.13. The molecule has 2 nitrogen and oxygen atoms in total. The van der Waals surface area contributed by atoms with Gasteiger partial charge in [0.1, 0.15) is 18.2 Å². The van der Waals surface area contributed by atoms with Gasteiger partial charge in [0.15, 0.2) is 0 Å². The zero-order valence-electron chi connectivity index (χ0n) is 11.2. The van der Waals surface area contributed by atoms with Crippen LogP contribution < -0.4 is 4.74 Å². The first kappa shape index (κ1) is 13.8. The molecule has 0 atom stereocenters. The number of halogens is 2. The van der Waals surface area contributed by atoms with E-state index in [1.807, 2.05) is 36.4 Å². The van der Waals surface area contributed by atoms with Gasteiger partial charge in [0.25, 0.3) is 0 Å². The number of para-hydroxylation sites is 1. The molecule has 0 radical (unpaired) electrons. The molecule has 0 unspecified atom stereocenters. The van der Waals surface area contributed by atoms with E-state index in [0.29, 0.717) is 17.9 Å². The van der Waals surface area contributed by atoms with Gasteiger partial charge in [-0.15, -0.1) is 11.6 Å². The molecule has 4 heteroatoms. The minimum Gasteiger partial charge on any atom is -0.487 e. The highest BCUT2D eigenvalue weighted by molar-refractivity contribution is 6.17. The number of rotatable bonds is 4. The second kappa shape index (κ2) is 6.10. The summed E-state index contributed by atoms with van der Waals surface area (Å²) in [6.07, 6.45) is 0. The maximum Gasteiger partial charge on any atom is 0.130 e. The third kappa shape index (κ3) is 3.14. The number of ether oxygens (including phenoxy) is 1. The van der Waals surface area contributed by atoms with Crippen LogP contribution in [0.4, 0.5) is 4.39 Å². The van der Waals surface area contributed by atoms with Crippen molar-refractivity contribution in [3.63, 3.8) is 0 Å². The molecule has 1 heterocycles. The van der Waals surface area contributed by atoms with Gasteiger partial charge in [0.2, 0.25) is 0 Å². The van der Waals surface area contributed by atoms with E-state index in [9.17, 15) is 4.39 Å². The second-order valence-electron chi connectivity index (χ2n) is 4.67. The molecular weight excluding hydrogens is 289 g/mol. The lowest BCUT2D eigenvalue weighted by Gasteiger charge is -2.10. The van der Waals surface area contributed by atoms with Crippen LogP contribution in [-0.2, 0) is 12.5 Å². The molecule has 106 valence electrons. The summed E-state index contributed by atoms with van der Waals surface area (Å²) >= 11 is 5.80. The average Bonchev–Trinajstić information content (AvgIpc) is 2.53. The third-order valence-electron chi connectivity index (χ3n) is 3.20. The topological polar surface area (TPSA) is 22.1 Å². The van der Waals surface area contributed by atoms with Gasteiger partial charge >= 0.3 is 0 Å². The summed E-state index contributed by atoms with van der Waals surface area (Å²) in [4.78, 5) is 4.53. The van der Waals surface area contributed by atoms with Crippen LogP contribution in [-0.4, -0.2) is 4.98 Å². The van der Waals surface area contributed by atoms with Gasteiger partial charge in [-0.3, -0.25) is 0 Å². The zero-order valence-corrected chi connectivity index (χ0v) is 12.0. The van der Waals surface area contributed by atoms with Gasteiger partial charge in [0.05, 0.1) is 17.1 Å². The van der Waals surface area contributed by atoms with Gasteiger partial charge in [0, 0.05) is 10.9 Å². The third-order valence-corrected chi connectivity index (χ3v) is 3.49. The summed E-state index contributed by atoms with van der Waals surface area (Å²) in [5, 5.41) is 1.09. The molecule has 0 aliphatic rings. The fraction of sp³-hybridized carbons (Fsp3) is 0.118. The van der Waals surface area contributed by atoms with Crippen LogP contribution in [0.2, 0.25) is 0 Å². The molecule has 3 rings (SSSR count). The van der Waals surface area contributed by atoms with Crippen LogP contribution in [0.25, 0.3) is 10.9 Å². The molecule has 0 spiro atoms. The summed E-state index contributed by atoms with van der Waals surface area (Å²) in [5.41, 5.74) is 2.38. The highest BCUT2D eigenvalue weighted by atomic mass is 35.5. The van der Waals surface area contributed by atoms with E-state index in [0.717, 1.165) is 16.6 Å². The lowest BCUT2D eigenvalue weighted by Crippen LogP contribution is -2.00. The molecule has 21 heavy (non-hydrogen) atoms. The van der Waals surface area contributed by atoms with Crippen LogP contribution >= 0.6 is 11.6 Å². The smallest absolute Gasteiger partial charge is 0.130 e. The highest BCUT2D eigenvalue weighted by Crippen LogP contribution is 2.22. The molecule has 0 saturated heterocycles. The number of aromatic nitrogens is 1. The number of pyridine rings is 1. The van der Waals surface area contributed by atoms with Crippen molar-refractivity contribution < 1.29 is 9.13 Å². The molecule has 0 aliphatic carbocycles. The van der Waals surface area contributed by atoms with Crippen molar-refractivity contribution in [1.29, 1.82) is 0 Å². The fourth-order valence-corrected chi connectivity index (χ4v) is 2.34. The Labute approximate surface area is 127 Å². The van der Waals surface area contributed by atoms with E-state index in [1.54, 1.807) is 6.07 Å². The van der Waals surface area contributed by atoms with Crippen molar-refractivity contribution in [3.05, 3.63) is 71.7 Å². The lowest BCUT2D eigenvalue weighted by atomic mass is 10.2. The molecule has 0 N–H and O–H groups in total. The Morgan fingerprint density at radius 2 is 1.90 bits per heavy atom. The average molecular weight is 302 g/mol. The SMILES string of the molecule is Fc1ccc(OCc2ccc3ccccc3n2)c(CCl)c1. The van der Waals surface area contributed by atoms with E-state index < -0.39 is 0 Å². The first-order valence-electron chi connectivity index (χ1n) is 6.58. The predicted octanol–water partition coefficient (Wildman–Crippen LogP) is 4.69. The Morgan fingerprint density at radius 3 is 2.76 bits per heavy atom. The molecular formula is C17H13ClFNO. The monoisotopic (exact) mass is 301 g/mol. The first-order chi connectivity index (χ1) is 10.3. The van der Waals surface area contributed by atoms with E-state index >= 15 is 0 Å². The van der Waals surface area contributed by atoms with Crippen molar-refractivity contribution in [2.45, 2.75) is 12.5 Å². The number of fused-ring (bicyclic) bond motifs is 1. The number of benzene rings is 2. The summed E-state index contributed by atoms with van der Waals surface area (Å²) in [6.45, 7) is 0.320. The van der Waals surface area contributed by atoms with Crippen molar-refractivity contribution in [3.8, 4) is 5.75 Å². The van der Waals surface area contributed by atoms with Gasteiger partial charge in [-0.05, 0) is 30.3 Å². The van der Waals surface area contributed by atoms with Crippen molar-refractivity contribution in [2.24, 2.45) is 0 Å². The number of hydrogen-bond acceptors (Lipinski definition) is 2. The van der Waals surface area contributed by atoms with Crippen LogP contribution in [0.15, 0.2) is 54.6 Å². The molecule has 0 aliphatic heterocycles.